The highest BCUT2D eigenvalue weighted by Crippen LogP contribution is 2.43. The van der Waals surface area contributed by atoms with Crippen LogP contribution in [0.1, 0.15) is 48.6 Å². The molecule has 0 saturated heterocycles. The van der Waals surface area contributed by atoms with E-state index < -0.39 is 5.41 Å². The van der Waals surface area contributed by atoms with Gasteiger partial charge in [0, 0.05) is 28.8 Å². The first-order valence-corrected chi connectivity index (χ1v) is 9.41. The summed E-state index contributed by atoms with van der Waals surface area (Å²) >= 11 is 0. The molecular formula is C25H27NO. The van der Waals surface area contributed by atoms with Crippen molar-refractivity contribution in [3.05, 3.63) is 101 Å². The second-order valence-corrected chi connectivity index (χ2v) is 7.48. The lowest BCUT2D eigenvalue weighted by Gasteiger charge is -2.33. The minimum atomic E-state index is -0.473. The largest absolute Gasteiger partial charge is 0.507 e. The molecule has 0 aliphatic rings. The van der Waals surface area contributed by atoms with Crippen molar-refractivity contribution in [1.82, 2.24) is 0 Å². The number of hydrogen-bond acceptors (Lipinski definition) is 2. The van der Waals surface area contributed by atoms with Gasteiger partial charge in [-0.3, -0.25) is 4.99 Å². The molecule has 1 N–H and O–H groups in total. The Hall–Kier alpha value is -2.87. The van der Waals surface area contributed by atoms with Crippen LogP contribution in [0, 0.1) is 6.92 Å². The third kappa shape index (κ3) is 3.80. The van der Waals surface area contributed by atoms with Crippen molar-refractivity contribution in [2.75, 3.05) is 0 Å². The van der Waals surface area contributed by atoms with E-state index in [1.807, 2.05) is 56.3 Å². The molecular weight excluding hydrogens is 330 g/mol. The van der Waals surface area contributed by atoms with Crippen LogP contribution in [-0.2, 0) is 5.41 Å². The summed E-state index contributed by atoms with van der Waals surface area (Å²) in [4.78, 5) is 4.48. The standard InChI is InChI=1S/C25H27NO/c1-18(2)26-17-20-15-19(3)16-23(24(20)27)25(4,21-11-7-5-8-12-21)22-13-9-6-10-14-22/h5-18,27H,1-4H3. The maximum absolute atomic E-state index is 11.2. The molecule has 0 unspecified atom stereocenters. The topological polar surface area (TPSA) is 32.6 Å². The molecule has 3 aromatic rings. The van der Waals surface area contributed by atoms with Gasteiger partial charge < -0.3 is 5.11 Å². The number of phenolic OH excluding ortho intramolecular Hbond substituents is 1. The van der Waals surface area contributed by atoms with Gasteiger partial charge in [0.05, 0.1) is 0 Å². The highest BCUT2D eigenvalue weighted by Gasteiger charge is 2.34. The normalized spacial score (nSPS) is 12.0. The van der Waals surface area contributed by atoms with Gasteiger partial charge >= 0.3 is 0 Å². The number of benzene rings is 3. The van der Waals surface area contributed by atoms with E-state index in [0.29, 0.717) is 5.75 Å². The summed E-state index contributed by atoms with van der Waals surface area (Å²) in [5, 5.41) is 11.2. The van der Waals surface area contributed by atoms with E-state index >= 15 is 0 Å². The van der Waals surface area contributed by atoms with E-state index in [-0.39, 0.29) is 6.04 Å². The monoisotopic (exact) mass is 357 g/mol. The molecule has 0 aromatic heterocycles. The van der Waals surface area contributed by atoms with Crippen LogP contribution >= 0.6 is 0 Å². The van der Waals surface area contributed by atoms with Crippen molar-refractivity contribution < 1.29 is 5.11 Å². The van der Waals surface area contributed by atoms with E-state index in [9.17, 15) is 5.11 Å². The molecule has 3 aromatic carbocycles. The van der Waals surface area contributed by atoms with Gasteiger partial charge in [-0.2, -0.15) is 0 Å². The zero-order chi connectivity index (χ0) is 19.4. The average Bonchev–Trinajstić information content (AvgIpc) is 2.69. The Bertz CT molecular complexity index is 888. The molecule has 138 valence electrons. The Kier molecular flexibility index (Phi) is 5.46. The summed E-state index contributed by atoms with van der Waals surface area (Å²) in [5.74, 6) is 0.292. The number of aromatic hydroxyl groups is 1. The summed E-state index contributed by atoms with van der Waals surface area (Å²) in [6, 6.07) is 25.0. The Morgan fingerprint density at radius 1 is 0.889 bits per heavy atom. The predicted octanol–water partition coefficient (Wildman–Crippen LogP) is 5.88. The third-order valence-corrected chi connectivity index (χ3v) is 5.04. The minimum absolute atomic E-state index is 0.183. The molecule has 0 heterocycles. The van der Waals surface area contributed by atoms with E-state index in [1.54, 1.807) is 6.21 Å². The second-order valence-electron chi connectivity index (χ2n) is 7.48. The van der Waals surface area contributed by atoms with Crippen LogP contribution in [0.25, 0.3) is 0 Å². The smallest absolute Gasteiger partial charge is 0.128 e. The van der Waals surface area contributed by atoms with E-state index in [1.165, 1.54) is 0 Å². The van der Waals surface area contributed by atoms with Crippen molar-refractivity contribution in [3.63, 3.8) is 0 Å². The Balaban J connectivity index is 2.29. The Morgan fingerprint density at radius 3 is 1.89 bits per heavy atom. The molecule has 0 fully saturated rings. The van der Waals surface area contributed by atoms with Gasteiger partial charge in [0.15, 0.2) is 0 Å². The van der Waals surface area contributed by atoms with Gasteiger partial charge in [-0.15, -0.1) is 0 Å². The highest BCUT2D eigenvalue weighted by atomic mass is 16.3. The lowest BCUT2D eigenvalue weighted by Crippen LogP contribution is -2.26. The number of hydrogen-bond donors (Lipinski definition) is 1. The first kappa shape index (κ1) is 18.9. The maximum Gasteiger partial charge on any atom is 0.128 e. The highest BCUT2D eigenvalue weighted by molar-refractivity contribution is 5.85. The third-order valence-electron chi connectivity index (χ3n) is 5.04. The van der Waals surface area contributed by atoms with Crippen LogP contribution in [0.3, 0.4) is 0 Å². The van der Waals surface area contributed by atoms with E-state index in [0.717, 1.165) is 27.8 Å². The molecule has 3 rings (SSSR count). The zero-order valence-corrected chi connectivity index (χ0v) is 16.5. The lowest BCUT2D eigenvalue weighted by molar-refractivity contribution is 0.456. The summed E-state index contributed by atoms with van der Waals surface area (Å²) in [6.07, 6.45) is 1.78. The number of nitrogens with zero attached hydrogens (tertiary/aromatic N) is 1. The van der Waals surface area contributed by atoms with Gasteiger partial charge in [-0.1, -0.05) is 66.7 Å². The fourth-order valence-electron chi connectivity index (χ4n) is 3.54. The summed E-state index contributed by atoms with van der Waals surface area (Å²) in [5.41, 5.74) is 4.57. The summed E-state index contributed by atoms with van der Waals surface area (Å²) in [7, 11) is 0. The number of rotatable bonds is 5. The molecule has 0 spiro atoms. The number of phenols is 1. The van der Waals surface area contributed by atoms with Crippen molar-refractivity contribution in [2.45, 2.75) is 39.2 Å². The number of aryl methyl sites for hydroxylation is 1. The Morgan fingerprint density at radius 2 is 1.41 bits per heavy atom. The van der Waals surface area contributed by atoms with Crippen molar-refractivity contribution in [1.29, 1.82) is 0 Å². The van der Waals surface area contributed by atoms with Crippen LogP contribution in [0.5, 0.6) is 5.75 Å². The molecule has 0 amide bonds. The van der Waals surface area contributed by atoms with Crippen LogP contribution in [0.4, 0.5) is 0 Å². The maximum atomic E-state index is 11.2. The molecule has 27 heavy (non-hydrogen) atoms. The van der Waals surface area contributed by atoms with Gasteiger partial charge in [0.25, 0.3) is 0 Å². The fourth-order valence-corrected chi connectivity index (χ4v) is 3.54. The average molecular weight is 357 g/mol. The first-order chi connectivity index (χ1) is 12.9. The minimum Gasteiger partial charge on any atom is -0.507 e. The van der Waals surface area contributed by atoms with Gasteiger partial charge in [-0.05, 0) is 50.5 Å². The molecule has 0 aliphatic heterocycles. The van der Waals surface area contributed by atoms with E-state index in [2.05, 4.69) is 49.2 Å². The second kappa shape index (κ2) is 7.79. The molecule has 0 radical (unpaired) electrons. The van der Waals surface area contributed by atoms with Crippen LogP contribution < -0.4 is 0 Å². The quantitative estimate of drug-likeness (QED) is 0.449. The zero-order valence-electron chi connectivity index (χ0n) is 16.5. The van der Waals surface area contributed by atoms with Gasteiger partial charge in [0.1, 0.15) is 5.75 Å². The van der Waals surface area contributed by atoms with E-state index in [4.69, 9.17) is 0 Å². The van der Waals surface area contributed by atoms with Crippen LogP contribution in [-0.4, -0.2) is 17.4 Å². The van der Waals surface area contributed by atoms with Crippen molar-refractivity contribution in [2.24, 2.45) is 4.99 Å². The summed E-state index contributed by atoms with van der Waals surface area (Å²) in [6.45, 7) is 8.30. The molecule has 2 nitrogen and oxygen atoms in total. The number of aliphatic imine (C=N–C) groups is 1. The van der Waals surface area contributed by atoms with Gasteiger partial charge in [-0.25, -0.2) is 0 Å². The first-order valence-electron chi connectivity index (χ1n) is 9.41. The SMILES string of the molecule is Cc1cc(C=NC(C)C)c(O)c(C(C)(c2ccccc2)c2ccccc2)c1. The van der Waals surface area contributed by atoms with Crippen LogP contribution in [0.15, 0.2) is 77.8 Å². The molecule has 0 aliphatic carbocycles. The fraction of sp³-hybridized carbons (Fsp3) is 0.240. The van der Waals surface area contributed by atoms with Crippen LogP contribution in [0.2, 0.25) is 0 Å². The molecule has 0 bridgehead atoms. The molecule has 0 saturated carbocycles. The van der Waals surface area contributed by atoms with Crippen molar-refractivity contribution >= 4 is 6.21 Å². The van der Waals surface area contributed by atoms with Gasteiger partial charge in [0.2, 0.25) is 0 Å². The Labute approximate surface area is 162 Å². The summed E-state index contributed by atoms with van der Waals surface area (Å²) < 4.78 is 0. The molecule has 2 heteroatoms. The molecule has 0 atom stereocenters. The predicted molar refractivity (Wildman–Crippen MR) is 114 cm³/mol. The van der Waals surface area contributed by atoms with Crippen molar-refractivity contribution in [3.8, 4) is 5.75 Å². The lowest BCUT2D eigenvalue weighted by atomic mass is 9.70.